The fourth-order valence-electron chi connectivity index (χ4n) is 3.36. The zero-order valence-corrected chi connectivity index (χ0v) is 17.6. The van der Waals surface area contributed by atoms with Crippen molar-refractivity contribution >= 4 is 22.6 Å². The smallest absolute Gasteiger partial charge is 0.337 e. The number of ether oxygens (including phenoxy) is 1. The van der Waals surface area contributed by atoms with E-state index in [9.17, 15) is 9.90 Å². The standard InChI is InChI=1S/C25H23N3O4/c1-2-14-31-27-22(17-28-16-21(25(29)30)20-10-3-4-11-23(20)28)18-8-7-9-19(15-18)32-24-12-5-6-13-26-24/h3-13,15-16H,2,14,17H2,1H3,(H,29,30). The lowest BCUT2D eigenvalue weighted by molar-refractivity contribution is 0.0699. The zero-order valence-electron chi connectivity index (χ0n) is 17.6. The van der Waals surface area contributed by atoms with E-state index in [1.165, 1.54) is 0 Å². The number of hydrogen-bond donors (Lipinski definition) is 1. The predicted molar refractivity (Wildman–Crippen MR) is 122 cm³/mol. The molecule has 32 heavy (non-hydrogen) atoms. The Kier molecular flexibility index (Phi) is 6.46. The van der Waals surface area contributed by atoms with E-state index in [-0.39, 0.29) is 5.56 Å². The highest BCUT2D eigenvalue weighted by Crippen LogP contribution is 2.24. The van der Waals surface area contributed by atoms with E-state index in [2.05, 4.69) is 10.1 Å². The molecule has 0 saturated heterocycles. The summed E-state index contributed by atoms with van der Waals surface area (Å²) in [7, 11) is 0. The number of pyridine rings is 1. The van der Waals surface area contributed by atoms with E-state index in [1.54, 1.807) is 24.5 Å². The second kappa shape index (κ2) is 9.78. The number of aromatic nitrogens is 2. The maximum absolute atomic E-state index is 11.7. The molecule has 7 nitrogen and oxygen atoms in total. The highest BCUT2D eigenvalue weighted by Gasteiger charge is 2.16. The molecule has 0 bridgehead atoms. The normalized spacial score (nSPS) is 11.5. The topological polar surface area (TPSA) is 85.9 Å². The molecule has 4 aromatic rings. The number of fused-ring (bicyclic) bond motifs is 1. The Labute approximate surface area is 185 Å². The number of nitrogens with zero attached hydrogens (tertiary/aromatic N) is 3. The van der Waals surface area contributed by atoms with Crippen molar-refractivity contribution in [1.82, 2.24) is 9.55 Å². The van der Waals surface area contributed by atoms with Crippen LogP contribution in [0, 0.1) is 0 Å². The molecule has 1 N–H and O–H groups in total. The molecule has 2 aromatic heterocycles. The van der Waals surface area contributed by atoms with Gasteiger partial charge in [0.2, 0.25) is 5.88 Å². The Bertz CT molecular complexity index is 1250. The molecule has 0 saturated carbocycles. The Morgan fingerprint density at radius 1 is 1.09 bits per heavy atom. The van der Waals surface area contributed by atoms with E-state index >= 15 is 0 Å². The Morgan fingerprint density at radius 3 is 2.72 bits per heavy atom. The number of oxime groups is 1. The molecule has 2 heterocycles. The number of rotatable bonds is 9. The van der Waals surface area contributed by atoms with Crippen molar-refractivity contribution in [3.8, 4) is 11.6 Å². The van der Waals surface area contributed by atoms with Gasteiger partial charge in [-0.15, -0.1) is 0 Å². The third-order valence-electron chi connectivity index (χ3n) is 4.84. The lowest BCUT2D eigenvalue weighted by atomic mass is 10.1. The van der Waals surface area contributed by atoms with Gasteiger partial charge in [0, 0.05) is 34.9 Å². The van der Waals surface area contributed by atoms with Gasteiger partial charge in [-0.1, -0.05) is 48.5 Å². The van der Waals surface area contributed by atoms with Crippen LogP contribution in [0.1, 0.15) is 29.3 Å². The second-order valence-electron chi connectivity index (χ2n) is 7.16. The summed E-state index contributed by atoms with van der Waals surface area (Å²) >= 11 is 0. The highest BCUT2D eigenvalue weighted by atomic mass is 16.6. The number of carboxylic acids is 1. The zero-order chi connectivity index (χ0) is 22.3. The van der Waals surface area contributed by atoms with Crippen LogP contribution in [0.25, 0.3) is 10.9 Å². The van der Waals surface area contributed by atoms with Crippen LogP contribution in [0.15, 0.2) is 84.3 Å². The molecule has 0 radical (unpaired) electrons. The van der Waals surface area contributed by atoms with Gasteiger partial charge in [-0.25, -0.2) is 9.78 Å². The summed E-state index contributed by atoms with van der Waals surface area (Å²) in [6.45, 7) is 2.83. The van der Waals surface area contributed by atoms with Crippen LogP contribution in [0.4, 0.5) is 0 Å². The SMILES string of the molecule is CCCON=C(Cn1cc(C(=O)O)c2ccccc21)c1cccc(Oc2ccccn2)c1. The van der Waals surface area contributed by atoms with Crippen molar-refractivity contribution in [2.24, 2.45) is 5.16 Å². The molecule has 0 atom stereocenters. The number of carboxylic acid groups (broad SMARTS) is 1. The van der Waals surface area contributed by atoms with Crippen molar-refractivity contribution in [3.63, 3.8) is 0 Å². The first-order valence-electron chi connectivity index (χ1n) is 10.3. The fourth-order valence-corrected chi connectivity index (χ4v) is 3.36. The summed E-state index contributed by atoms with van der Waals surface area (Å²) < 4.78 is 7.73. The van der Waals surface area contributed by atoms with Gasteiger partial charge < -0.3 is 19.2 Å². The van der Waals surface area contributed by atoms with Gasteiger partial charge in [-0.3, -0.25) is 0 Å². The average Bonchev–Trinajstić information content (AvgIpc) is 3.18. The van der Waals surface area contributed by atoms with Gasteiger partial charge in [0.25, 0.3) is 0 Å². The Morgan fingerprint density at radius 2 is 1.94 bits per heavy atom. The largest absolute Gasteiger partial charge is 0.478 e. The monoisotopic (exact) mass is 429 g/mol. The third kappa shape index (κ3) is 4.78. The minimum atomic E-state index is -0.966. The van der Waals surface area contributed by atoms with Crippen molar-refractivity contribution in [2.45, 2.75) is 19.9 Å². The van der Waals surface area contributed by atoms with Crippen molar-refractivity contribution in [2.75, 3.05) is 6.61 Å². The van der Waals surface area contributed by atoms with Gasteiger partial charge in [0.1, 0.15) is 18.1 Å². The van der Waals surface area contributed by atoms with E-state index in [0.717, 1.165) is 17.5 Å². The predicted octanol–water partition coefficient (Wildman–Crippen LogP) is 5.36. The minimum Gasteiger partial charge on any atom is -0.478 e. The number of para-hydroxylation sites is 1. The lowest BCUT2D eigenvalue weighted by Gasteiger charge is -2.11. The summed E-state index contributed by atoms with van der Waals surface area (Å²) in [5.41, 5.74) is 2.53. The number of hydrogen-bond acceptors (Lipinski definition) is 5. The minimum absolute atomic E-state index is 0.252. The number of benzene rings is 2. The van der Waals surface area contributed by atoms with Crippen LogP contribution in [0.3, 0.4) is 0 Å². The van der Waals surface area contributed by atoms with Gasteiger partial charge in [0.15, 0.2) is 0 Å². The van der Waals surface area contributed by atoms with Crippen LogP contribution in [0.5, 0.6) is 11.6 Å². The third-order valence-corrected chi connectivity index (χ3v) is 4.84. The van der Waals surface area contributed by atoms with E-state index < -0.39 is 5.97 Å². The molecule has 0 fully saturated rings. The van der Waals surface area contributed by atoms with Gasteiger partial charge >= 0.3 is 5.97 Å². The molecular weight excluding hydrogens is 406 g/mol. The molecule has 0 amide bonds. The first kappa shape index (κ1) is 21.1. The summed E-state index contributed by atoms with van der Waals surface area (Å²) in [5, 5.41) is 14.7. The van der Waals surface area contributed by atoms with Crippen molar-refractivity contribution < 1.29 is 19.5 Å². The van der Waals surface area contributed by atoms with Crippen LogP contribution < -0.4 is 4.74 Å². The van der Waals surface area contributed by atoms with Crippen molar-refractivity contribution in [3.05, 3.63) is 90.3 Å². The molecule has 7 heteroatoms. The molecule has 0 aliphatic carbocycles. The van der Waals surface area contributed by atoms with Crippen LogP contribution in [0.2, 0.25) is 0 Å². The van der Waals surface area contributed by atoms with Crippen molar-refractivity contribution in [1.29, 1.82) is 0 Å². The maximum atomic E-state index is 11.7. The molecule has 162 valence electrons. The Balaban J connectivity index is 1.69. The molecule has 0 spiro atoms. The summed E-state index contributed by atoms with van der Waals surface area (Å²) in [6.07, 6.45) is 4.13. The van der Waals surface area contributed by atoms with Gasteiger partial charge in [0.05, 0.1) is 12.1 Å². The average molecular weight is 429 g/mol. The maximum Gasteiger partial charge on any atom is 0.337 e. The molecule has 2 aromatic carbocycles. The van der Waals surface area contributed by atoms with Gasteiger partial charge in [-0.05, 0) is 30.7 Å². The highest BCUT2D eigenvalue weighted by molar-refractivity contribution is 6.05. The summed E-state index contributed by atoms with van der Waals surface area (Å²) in [4.78, 5) is 21.4. The first-order valence-corrected chi connectivity index (χ1v) is 10.3. The van der Waals surface area contributed by atoms with E-state index in [0.29, 0.717) is 35.9 Å². The fraction of sp³-hybridized carbons (Fsp3) is 0.160. The Hall–Kier alpha value is -4.13. The molecule has 0 unspecified atom stereocenters. The molecule has 4 rings (SSSR count). The van der Waals surface area contributed by atoms with E-state index in [4.69, 9.17) is 9.57 Å². The van der Waals surface area contributed by atoms with Gasteiger partial charge in [-0.2, -0.15) is 0 Å². The number of aromatic carboxylic acids is 1. The van der Waals surface area contributed by atoms with Crippen LogP contribution in [-0.2, 0) is 11.4 Å². The summed E-state index contributed by atoms with van der Waals surface area (Å²) in [5.74, 6) is 0.146. The number of carbonyl (C=O) groups is 1. The van der Waals surface area contributed by atoms with E-state index in [1.807, 2.05) is 66.1 Å². The lowest BCUT2D eigenvalue weighted by Crippen LogP contribution is -2.12. The second-order valence-corrected chi connectivity index (χ2v) is 7.16. The molecular formula is C25H23N3O4. The summed E-state index contributed by atoms with van der Waals surface area (Å²) in [6, 6.07) is 20.4. The van der Waals surface area contributed by atoms with Crippen LogP contribution >= 0.6 is 0 Å². The quantitative estimate of drug-likeness (QED) is 0.220. The molecule has 0 aliphatic heterocycles. The first-order chi connectivity index (χ1) is 15.7. The van der Waals surface area contributed by atoms with Crippen LogP contribution in [-0.4, -0.2) is 32.9 Å². The molecule has 0 aliphatic rings.